The van der Waals surface area contributed by atoms with Crippen molar-refractivity contribution >= 4 is 21.9 Å². The predicted molar refractivity (Wildman–Crippen MR) is 90.8 cm³/mol. The Balaban J connectivity index is 0.000000370. The number of aromatic carboxylic acids is 1. The number of hydrogen-bond acceptors (Lipinski definition) is 5. The lowest BCUT2D eigenvalue weighted by atomic mass is 10.2. The van der Waals surface area contributed by atoms with Crippen molar-refractivity contribution in [2.75, 3.05) is 13.6 Å². The van der Waals surface area contributed by atoms with Crippen molar-refractivity contribution in [3.63, 3.8) is 0 Å². The second-order valence-electron chi connectivity index (χ2n) is 4.63. The van der Waals surface area contributed by atoms with Crippen LogP contribution < -0.4 is 10.0 Å². The number of carbonyl (C=O) groups excluding carboxylic acids is 1. The fraction of sp³-hybridized carbons (Fsp3) is 0.125. The summed E-state index contributed by atoms with van der Waals surface area (Å²) in [4.78, 5) is 21.5. The van der Waals surface area contributed by atoms with Crippen molar-refractivity contribution in [2.45, 2.75) is 4.90 Å². The second-order valence-corrected chi connectivity index (χ2v) is 6.37. The van der Waals surface area contributed by atoms with E-state index in [1.165, 1.54) is 25.2 Å². The molecule has 0 saturated carbocycles. The molecule has 0 aliphatic rings. The number of carboxylic acid groups (broad SMARTS) is 1. The van der Waals surface area contributed by atoms with Crippen LogP contribution in [0, 0.1) is 0 Å². The molecule has 9 heteroatoms. The molecule has 8 nitrogen and oxygen atoms in total. The minimum absolute atomic E-state index is 0.322. The van der Waals surface area contributed by atoms with Crippen molar-refractivity contribution in [1.29, 1.82) is 0 Å². The number of sulfonamides is 1. The molecule has 0 saturated heterocycles. The molecule has 1 amide bonds. The van der Waals surface area contributed by atoms with Crippen LogP contribution in [-0.2, 0) is 14.8 Å². The van der Waals surface area contributed by atoms with Gasteiger partial charge in [-0.05, 0) is 24.3 Å². The average Bonchev–Trinajstić information content (AvgIpc) is 2.61. The molecule has 4 N–H and O–H groups in total. The number of likely N-dealkylation sites (N-methyl/N-ethyl adjacent to an activating group) is 1. The third kappa shape index (κ3) is 6.61. The van der Waals surface area contributed by atoms with Crippen molar-refractivity contribution in [3.05, 3.63) is 60.2 Å². The summed E-state index contributed by atoms with van der Waals surface area (Å²) in [5, 5.41) is 19.8. The van der Waals surface area contributed by atoms with Crippen LogP contribution in [0.15, 0.2) is 59.5 Å². The fourth-order valence-electron chi connectivity index (χ4n) is 1.63. The van der Waals surface area contributed by atoms with Crippen LogP contribution in [0.4, 0.5) is 0 Å². The van der Waals surface area contributed by atoms with E-state index in [-0.39, 0.29) is 10.5 Å². The lowest BCUT2D eigenvalue weighted by molar-refractivity contribution is -0.119. The number of carbonyl (C=O) groups is 2. The van der Waals surface area contributed by atoms with E-state index >= 15 is 0 Å². The Morgan fingerprint density at radius 2 is 1.56 bits per heavy atom. The standard InChI is InChI=1S/C10H12N2O5S.C6H6O/c1-11-9(13)6-12-18(16,17)8-5-3-2-4-7(8)10(14)15;7-6-4-2-1-3-5-6/h2-5,12H,6H2,1H3,(H,11,13)(H,14,15);1-5,7H. The molecule has 0 radical (unpaired) electrons. The van der Waals surface area contributed by atoms with Gasteiger partial charge < -0.3 is 15.5 Å². The number of amides is 1. The zero-order chi connectivity index (χ0) is 18.9. The highest BCUT2D eigenvalue weighted by Crippen LogP contribution is 2.14. The van der Waals surface area contributed by atoms with Crippen molar-refractivity contribution in [1.82, 2.24) is 10.0 Å². The van der Waals surface area contributed by atoms with Gasteiger partial charge in [-0.2, -0.15) is 0 Å². The molecule has 0 atom stereocenters. The summed E-state index contributed by atoms with van der Waals surface area (Å²) in [6.45, 7) is -0.452. The van der Waals surface area contributed by atoms with E-state index in [2.05, 4.69) is 5.32 Å². The Morgan fingerprint density at radius 3 is 2.04 bits per heavy atom. The molecule has 0 fully saturated rings. The molecule has 25 heavy (non-hydrogen) atoms. The second kappa shape index (κ2) is 9.40. The first-order valence-electron chi connectivity index (χ1n) is 7.04. The zero-order valence-corrected chi connectivity index (χ0v) is 14.2. The molecule has 0 aliphatic heterocycles. The Kier molecular flexibility index (Phi) is 7.57. The molecule has 0 unspecified atom stereocenters. The van der Waals surface area contributed by atoms with Crippen molar-refractivity contribution in [3.8, 4) is 5.75 Å². The first-order valence-corrected chi connectivity index (χ1v) is 8.53. The van der Waals surface area contributed by atoms with E-state index < -0.39 is 28.4 Å². The molecular formula is C16H18N2O6S. The number of aromatic hydroxyl groups is 1. The van der Waals surface area contributed by atoms with E-state index in [0.717, 1.165) is 6.07 Å². The highest BCUT2D eigenvalue weighted by molar-refractivity contribution is 7.89. The lowest BCUT2D eigenvalue weighted by Gasteiger charge is -2.08. The van der Waals surface area contributed by atoms with Gasteiger partial charge in [-0.1, -0.05) is 30.3 Å². The Labute approximate surface area is 145 Å². The van der Waals surface area contributed by atoms with Gasteiger partial charge in [0.25, 0.3) is 0 Å². The van der Waals surface area contributed by atoms with Crippen LogP contribution in [0.5, 0.6) is 5.75 Å². The van der Waals surface area contributed by atoms with Gasteiger partial charge in [0.05, 0.1) is 17.0 Å². The highest BCUT2D eigenvalue weighted by atomic mass is 32.2. The zero-order valence-electron chi connectivity index (χ0n) is 13.3. The molecule has 0 aliphatic carbocycles. The van der Waals surface area contributed by atoms with Crippen LogP contribution in [0.2, 0.25) is 0 Å². The van der Waals surface area contributed by atoms with E-state index in [0.29, 0.717) is 5.75 Å². The quantitative estimate of drug-likeness (QED) is 0.619. The maximum Gasteiger partial charge on any atom is 0.337 e. The minimum atomic E-state index is -4.03. The minimum Gasteiger partial charge on any atom is -0.508 e. The summed E-state index contributed by atoms with van der Waals surface area (Å²) in [7, 11) is -2.67. The number of carboxylic acids is 1. The number of rotatable bonds is 5. The van der Waals surface area contributed by atoms with Gasteiger partial charge in [0, 0.05) is 7.05 Å². The van der Waals surface area contributed by atoms with Gasteiger partial charge in [-0.15, -0.1) is 0 Å². The fourth-order valence-corrected chi connectivity index (χ4v) is 2.81. The predicted octanol–water partition coefficient (Wildman–Crippen LogP) is 0.801. The van der Waals surface area contributed by atoms with E-state index in [1.54, 1.807) is 24.3 Å². The first-order chi connectivity index (χ1) is 11.8. The average molecular weight is 366 g/mol. The number of benzene rings is 2. The van der Waals surface area contributed by atoms with Crippen LogP contribution in [-0.4, -0.2) is 44.1 Å². The van der Waals surface area contributed by atoms with Crippen LogP contribution in [0.25, 0.3) is 0 Å². The van der Waals surface area contributed by atoms with Crippen LogP contribution in [0.1, 0.15) is 10.4 Å². The topological polar surface area (TPSA) is 133 Å². The van der Waals surface area contributed by atoms with E-state index in [1.807, 2.05) is 10.8 Å². The molecule has 0 aromatic heterocycles. The summed E-state index contributed by atoms with van der Waals surface area (Å²) in [5.74, 6) is -1.55. The summed E-state index contributed by atoms with van der Waals surface area (Å²) < 4.78 is 25.7. The molecule has 0 bridgehead atoms. The van der Waals surface area contributed by atoms with Gasteiger partial charge in [0.15, 0.2) is 0 Å². The number of hydrogen-bond donors (Lipinski definition) is 4. The Morgan fingerprint density at radius 1 is 1.00 bits per heavy atom. The number of nitrogens with one attached hydrogen (secondary N) is 2. The highest BCUT2D eigenvalue weighted by Gasteiger charge is 2.21. The van der Waals surface area contributed by atoms with Gasteiger partial charge in [0.2, 0.25) is 15.9 Å². The first kappa shape index (κ1) is 20.1. The maximum atomic E-state index is 11.8. The number of phenolic OH excluding ortho intramolecular Hbond substituents is 1. The summed E-state index contributed by atoms with van der Waals surface area (Å²) in [6, 6.07) is 13.9. The Hall–Kier alpha value is -2.91. The SMILES string of the molecule is CNC(=O)CNS(=O)(=O)c1ccccc1C(=O)O.Oc1ccccc1. The number of phenols is 1. The summed E-state index contributed by atoms with van der Waals surface area (Å²) in [5.41, 5.74) is -0.345. The molecule has 2 rings (SSSR count). The molecule has 2 aromatic carbocycles. The van der Waals surface area contributed by atoms with Gasteiger partial charge >= 0.3 is 5.97 Å². The lowest BCUT2D eigenvalue weighted by Crippen LogP contribution is -2.35. The van der Waals surface area contributed by atoms with Gasteiger partial charge in [0.1, 0.15) is 5.75 Å². The number of para-hydroxylation sites is 1. The normalized spacial score (nSPS) is 10.3. The van der Waals surface area contributed by atoms with Crippen molar-refractivity contribution < 1.29 is 28.2 Å². The van der Waals surface area contributed by atoms with E-state index in [4.69, 9.17) is 10.2 Å². The summed E-state index contributed by atoms with van der Waals surface area (Å²) in [6.07, 6.45) is 0. The maximum absolute atomic E-state index is 11.8. The third-order valence-electron chi connectivity index (χ3n) is 2.86. The van der Waals surface area contributed by atoms with Crippen LogP contribution in [0.3, 0.4) is 0 Å². The largest absolute Gasteiger partial charge is 0.508 e. The monoisotopic (exact) mass is 366 g/mol. The molecule has 2 aromatic rings. The van der Waals surface area contributed by atoms with Gasteiger partial charge in [-0.3, -0.25) is 4.79 Å². The van der Waals surface area contributed by atoms with Crippen LogP contribution >= 0.6 is 0 Å². The third-order valence-corrected chi connectivity index (χ3v) is 4.32. The van der Waals surface area contributed by atoms with Gasteiger partial charge in [-0.25, -0.2) is 17.9 Å². The Bertz CT molecular complexity index is 822. The molecular weight excluding hydrogens is 348 g/mol. The smallest absolute Gasteiger partial charge is 0.337 e. The molecule has 134 valence electrons. The summed E-state index contributed by atoms with van der Waals surface area (Å²) >= 11 is 0. The molecule has 0 heterocycles. The van der Waals surface area contributed by atoms with Crippen molar-refractivity contribution in [2.24, 2.45) is 0 Å². The van der Waals surface area contributed by atoms with E-state index in [9.17, 15) is 18.0 Å². The molecule has 0 spiro atoms.